The molecule has 3 aromatic rings. The molecule has 3 aromatic carbocycles. The van der Waals surface area contributed by atoms with Crippen molar-refractivity contribution < 1.29 is 42.5 Å². The minimum absolute atomic E-state index is 0.193. The molecule has 0 amide bonds. The zero-order valence-electron chi connectivity index (χ0n) is 20.0. The maximum Gasteiger partial charge on any atom is 0.338 e. The zero-order valence-corrected chi connectivity index (χ0v) is 20.0. The van der Waals surface area contributed by atoms with Gasteiger partial charge in [0.15, 0.2) is 12.2 Å². The Morgan fingerprint density at radius 3 is 1.68 bits per heavy atom. The molecule has 0 spiro atoms. The van der Waals surface area contributed by atoms with Crippen LogP contribution in [0.2, 0.25) is 0 Å². The van der Waals surface area contributed by atoms with E-state index in [4.69, 9.17) is 23.7 Å². The monoisotopic (exact) mass is 508 g/mol. The third kappa shape index (κ3) is 5.84. The molecule has 1 fully saturated rings. The van der Waals surface area contributed by atoms with Crippen molar-refractivity contribution in [1.29, 1.82) is 0 Å². The lowest BCUT2D eigenvalue weighted by Crippen LogP contribution is -2.50. The second-order valence-corrected chi connectivity index (χ2v) is 8.20. The van der Waals surface area contributed by atoms with Gasteiger partial charge in [-0.25, -0.2) is 18.8 Å². The third-order valence-corrected chi connectivity index (χ3v) is 5.87. The minimum Gasteiger partial charge on any atom is -0.459 e. The number of rotatable bonds is 9. The lowest BCUT2D eigenvalue weighted by atomic mass is 10.0. The highest BCUT2D eigenvalue weighted by atomic mass is 19.1. The van der Waals surface area contributed by atoms with Crippen LogP contribution in [-0.4, -0.2) is 62.4 Å². The molecule has 4 rings (SSSR count). The summed E-state index contributed by atoms with van der Waals surface area (Å²) in [7, 11) is 1.18. The molecule has 1 aliphatic heterocycles. The van der Waals surface area contributed by atoms with Gasteiger partial charge in [0.05, 0.1) is 16.7 Å². The topological polar surface area (TPSA) is 97.4 Å². The van der Waals surface area contributed by atoms with Crippen molar-refractivity contribution in [3.8, 4) is 0 Å². The third-order valence-electron chi connectivity index (χ3n) is 5.87. The number of esters is 3. The van der Waals surface area contributed by atoms with Crippen molar-refractivity contribution in [2.75, 3.05) is 20.4 Å². The summed E-state index contributed by atoms with van der Waals surface area (Å²) in [6.07, 6.45) is -4.08. The highest BCUT2D eigenvalue weighted by molar-refractivity contribution is 5.91. The molecule has 0 aromatic heterocycles. The van der Waals surface area contributed by atoms with Gasteiger partial charge >= 0.3 is 17.9 Å². The minimum atomic E-state index is -2.10. The van der Waals surface area contributed by atoms with E-state index >= 15 is 0 Å². The number of benzene rings is 3. The fraction of sp³-hybridized carbons (Fsp3) is 0.250. The van der Waals surface area contributed by atoms with Crippen molar-refractivity contribution in [2.45, 2.75) is 24.1 Å². The first-order valence-corrected chi connectivity index (χ1v) is 11.5. The number of carbonyl (C=O) groups is 3. The smallest absolute Gasteiger partial charge is 0.338 e. The lowest BCUT2D eigenvalue weighted by molar-refractivity contribution is -0.253. The lowest BCUT2D eigenvalue weighted by Gasteiger charge is -2.30. The van der Waals surface area contributed by atoms with Crippen LogP contribution in [0.25, 0.3) is 0 Å². The van der Waals surface area contributed by atoms with Crippen molar-refractivity contribution >= 4 is 17.9 Å². The van der Waals surface area contributed by atoms with Gasteiger partial charge in [0, 0.05) is 7.11 Å². The van der Waals surface area contributed by atoms with E-state index in [2.05, 4.69) is 0 Å². The molecule has 4 atom stereocenters. The van der Waals surface area contributed by atoms with Gasteiger partial charge in [-0.15, -0.1) is 0 Å². The number of alkyl halides is 1. The van der Waals surface area contributed by atoms with Crippen molar-refractivity contribution in [2.24, 2.45) is 0 Å². The Balaban J connectivity index is 1.62. The number of hydrogen-bond acceptors (Lipinski definition) is 8. The van der Waals surface area contributed by atoms with Crippen molar-refractivity contribution in [3.05, 3.63) is 108 Å². The molecule has 0 aliphatic carbocycles. The summed E-state index contributed by atoms with van der Waals surface area (Å²) in [6, 6.07) is 24.3. The second kappa shape index (κ2) is 11.8. The molecule has 1 aliphatic rings. The molecule has 192 valence electrons. The van der Waals surface area contributed by atoms with Gasteiger partial charge in [0.1, 0.15) is 19.4 Å². The predicted octanol–water partition coefficient (Wildman–Crippen LogP) is 4.01. The van der Waals surface area contributed by atoms with Crippen LogP contribution in [0.3, 0.4) is 0 Å². The number of halogens is 1. The number of hydrogen-bond donors (Lipinski definition) is 0. The summed E-state index contributed by atoms with van der Waals surface area (Å²) < 4.78 is 42.2. The van der Waals surface area contributed by atoms with Crippen LogP contribution >= 0.6 is 0 Å². The first-order valence-electron chi connectivity index (χ1n) is 11.5. The van der Waals surface area contributed by atoms with E-state index in [1.165, 1.54) is 31.4 Å². The summed E-state index contributed by atoms with van der Waals surface area (Å²) in [5.74, 6) is -4.33. The Kier molecular flexibility index (Phi) is 8.27. The van der Waals surface area contributed by atoms with Crippen LogP contribution in [0.15, 0.2) is 91.0 Å². The normalized spacial score (nSPS) is 22.7. The molecular weight excluding hydrogens is 483 g/mol. The van der Waals surface area contributed by atoms with Crippen LogP contribution in [0, 0.1) is 0 Å². The summed E-state index contributed by atoms with van der Waals surface area (Å²) in [4.78, 5) is 38.4. The van der Waals surface area contributed by atoms with Gasteiger partial charge < -0.3 is 23.7 Å². The van der Waals surface area contributed by atoms with Gasteiger partial charge in [-0.1, -0.05) is 54.6 Å². The highest BCUT2D eigenvalue weighted by Gasteiger charge is 2.61. The molecular formula is C28H25FO8. The first-order chi connectivity index (χ1) is 18.0. The molecule has 0 unspecified atom stereocenters. The first kappa shape index (κ1) is 26.0. The molecule has 0 bridgehead atoms. The second-order valence-electron chi connectivity index (χ2n) is 8.20. The van der Waals surface area contributed by atoms with E-state index in [-0.39, 0.29) is 16.7 Å². The van der Waals surface area contributed by atoms with Gasteiger partial charge in [0.25, 0.3) is 0 Å². The number of carbonyl (C=O) groups excluding carboxylic acids is 3. The van der Waals surface area contributed by atoms with Crippen LogP contribution in [0.4, 0.5) is 4.39 Å². The Morgan fingerprint density at radius 2 is 1.22 bits per heavy atom. The van der Waals surface area contributed by atoms with Gasteiger partial charge in [-0.05, 0) is 36.4 Å². The van der Waals surface area contributed by atoms with Crippen molar-refractivity contribution in [3.63, 3.8) is 0 Å². The van der Waals surface area contributed by atoms with Gasteiger partial charge in [0.2, 0.25) is 5.79 Å². The Labute approximate surface area is 212 Å². The summed E-state index contributed by atoms with van der Waals surface area (Å²) in [6.45, 7) is -1.66. The SMILES string of the molecule is CO[C@]1(CF)O[C@H](COC(=O)c2ccccc2)[C@@H](OC(=O)c2ccccc2)[C@@H]1OC(=O)c1ccccc1. The standard InChI is InChI=1S/C28H25FO8/c1-33-28(18-29)24(36-27(32)21-15-9-4-10-16-21)23(35-26(31)20-13-7-3-8-14-20)22(37-28)17-34-25(30)19-11-5-2-6-12-19/h2-16,22-24H,17-18H2,1H3/t22-,23-,24+,28-/m1/s1. The van der Waals surface area contributed by atoms with E-state index < -0.39 is 55.3 Å². The predicted molar refractivity (Wildman–Crippen MR) is 129 cm³/mol. The van der Waals surface area contributed by atoms with Crippen LogP contribution in [0.1, 0.15) is 31.1 Å². The van der Waals surface area contributed by atoms with Crippen LogP contribution < -0.4 is 0 Å². The molecule has 0 radical (unpaired) electrons. The average molecular weight is 508 g/mol. The maximum atomic E-state index is 14.4. The van der Waals surface area contributed by atoms with E-state index in [1.807, 2.05) is 0 Å². The average Bonchev–Trinajstić information content (AvgIpc) is 3.25. The molecule has 0 N–H and O–H groups in total. The van der Waals surface area contributed by atoms with Crippen LogP contribution in [-0.2, 0) is 23.7 Å². The quantitative estimate of drug-likeness (QED) is 0.316. The largest absolute Gasteiger partial charge is 0.459 e. The molecule has 1 heterocycles. The summed E-state index contributed by atoms with van der Waals surface area (Å²) in [5, 5.41) is 0. The number of methoxy groups -OCH3 is 1. The fourth-order valence-corrected chi connectivity index (χ4v) is 3.92. The van der Waals surface area contributed by atoms with Gasteiger partial charge in [-0.3, -0.25) is 0 Å². The molecule has 1 saturated heterocycles. The molecule has 37 heavy (non-hydrogen) atoms. The highest BCUT2D eigenvalue weighted by Crippen LogP contribution is 2.38. The van der Waals surface area contributed by atoms with E-state index in [0.29, 0.717) is 0 Å². The molecule has 8 nitrogen and oxygen atoms in total. The molecule has 0 saturated carbocycles. The van der Waals surface area contributed by atoms with E-state index in [1.54, 1.807) is 66.7 Å². The van der Waals surface area contributed by atoms with E-state index in [0.717, 1.165) is 0 Å². The fourth-order valence-electron chi connectivity index (χ4n) is 3.92. The zero-order chi connectivity index (χ0) is 26.3. The van der Waals surface area contributed by atoms with Crippen LogP contribution in [0.5, 0.6) is 0 Å². The Morgan fingerprint density at radius 1 is 0.757 bits per heavy atom. The molecule has 9 heteroatoms. The Hall–Kier alpha value is -4.08. The number of ether oxygens (including phenoxy) is 5. The van der Waals surface area contributed by atoms with Crippen molar-refractivity contribution in [1.82, 2.24) is 0 Å². The Bertz CT molecular complexity index is 1200. The summed E-state index contributed by atoms with van der Waals surface area (Å²) in [5.41, 5.74) is 0.693. The van der Waals surface area contributed by atoms with E-state index in [9.17, 15) is 18.8 Å². The summed E-state index contributed by atoms with van der Waals surface area (Å²) >= 11 is 0. The van der Waals surface area contributed by atoms with Gasteiger partial charge in [-0.2, -0.15) is 0 Å². The maximum absolute atomic E-state index is 14.4.